The van der Waals surface area contributed by atoms with Crippen LogP contribution in [0.25, 0.3) is 15.9 Å². The van der Waals surface area contributed by atoms with Crippen LogP contribution in [0, 0.1) is 0 Å². The smallest absolute Gasteiger partial charge is 0.258 e. The monoisotopic (exact) mass is 339 g/mol. The summed E-state index contributed by atoms with van der Waals surface area (Å²) in [6.45, 7) is 0.444. The van der Waals surface area contributed by atoms with Crippen LogP contribution in [0.5, 0.6) is 5.75 Å². The fourth-order valence-electron chi connectivity index (χ4n) is 2.54. The Hall–Kier alpha value is -2.93. The molecule has 1 aromatic heterocycles. The highest BCUT2D eigenvalue weighted by Crippen LogP contribution is 2.28. The van der Waals surface area contributed by atoms with Crippen molar-refractivity contribution in [3.8, 4) is 5.75 Å². The molecule has 0 saturated carbocycles. The molecule has 1 aliphatic rings. The Balaban J connectivity index is 1.68. The average Bonchev–Trinajstić information content (AvgIpc) is 3.16. The van der Waals surface area contributed by atoms with Crippen LogP contribution in [-0.4, -0.2) is 19.9 Å². The van der Waals surface area contributed by atoms with Gasteiger partial charge >= 0.3 is 0 Å². The van der Waals surface area contributed by atoms with Crippen LogP contribution in [0.15, 0.2) is 60.8 Å². The lowest BCUT2D eigenvalue weighted by molar-refractivity contribution is -0.114. The molecule has 4 rings (SSSR count). The van der Waals surface area contributed by atoms with E-state index < -0.39 is 11.0 Å². The Kier molecular flexibility index (Phi) is 3.62. The van der Waals surface area contributed by atoms with Crippen LogP contribution < -0.4 is 9.46 Å². The minimum absolute atomic E-state index is 0.315. The lowest BCUT2D eigenvalue weighted by atomic mass is 10.2. The fraction of sp³-hybridized carbons (Fsp3) is 0.0588. The average molecular weight is 339 g/mol. The highest BCUT2D eigenvalue weighted by molar-refractivity contribution is 7.93. The maximum atomic E-state index is 11.9. The molecule has 1 amide bonds. The summed E-state index contributed by atoms with van der Waals surface area (Å²) in [6, 6.07) is 15.4. The zero-order chi connectivity index (χ0) is 16.5. The molecule has 1 aliphatic heterocycles. The number of aromatic nitrogens is 2. The zero-order valence-electron chi connectivity index (χ0n) is 12.5. The van der Waals surface area contributed by atoms with E-state index in [4.69, 9.17) is 4.74 Å². The van der Waals surface area contributed by atoms with E-state index in [2.05, 4.69) is 9.82 Å². The maximum Gasteiger partial charge on any atom is 0.258 e. The van der Waals surface area contributed by atoms with Gasteiger partial charge in [-0.15, -0.1) is 0 Å². The van der Waals surface area contributed by atoms with Crippen LogP contribution in [0.3, 0.4) is 0 Å². The first kappa shape index (κ1) is 14.6. The van der Waals surface area contributed by atoms with E-state index in [0.29, 0.717) is 17.4 Å². The van der Waals surface area contributed by atoms with Crippen molar-refractivity contribution in [2.45, 2.75) is 6.61 Å². The molecule has 24 heavy (non-hydrogen) atoms. The summed E-state index contributed by atoms with van der Waals surface area (Å²) in [7, 11) is -1.59. The van der Waals surface area contributed by atoms with Gasteiger partial charge < -0.3 is 4.74 Å². The number of nitrogens with zero attached hydrogens (tertiary/aromatic N) is 2. The van der Waals surface area contributed by atoms with Crippen molar-refractivity contribution < 1.29 is 13.7 Å². The third kappa shape index (κ3) is 2.59. The third-order valence-corrected chi connectivity index (χ3v) is 4.71. The molecule has 0 bridgehead atoms. The lowest BCUT2D eigenvalue weighted by Crippen LogP contribution is -2.17. The topological polar surface area (TPSA) is 73.2 Å². The molecule has 0 radical (unpaired) electrons. The first-order valence-corrected chi connectivity index (χ1v) is 8.45. The van der Waals surface area contributed by atoms with Gasteiger partial charge in [-0.2, -0.15) is 5.10 Å². The molecule has 0 spiro atoms. The standard InChI is InChI=1S/C17H13N3O3S/c21-16-9-17(24(22)19-16)20-14-7-4-8-15(13(14)10-18-20)23-11-12-5-2-1-3-6-12/h1-10H,11H2,(H,19,21). The van der Waals surface area contributed by atoms with Crippen molar-refractivity contribution in [1.82, 2.24) is 14.5 Å². The molecule has 7 heteroatoms. The SMILES string of the molecule is O=C1C=C(n2ncc3c(OCc4ccccc4)cccc32)S(=O)N1. The Morgan fingerprint density at radius 3 is 2.71 bits per heavy atom. The van der Waals surface area contributed by atoms with Gasteiger partial charge in [0.1, 0.15) is 12.4 Å². The Morgan fingerprint density at radius 1 is 1.12 bits per heavy atom. The van der Waals surface area contributed by atoms with E-state index in [0.717, 1.165) is 16.5 Å². The number of fused-ring (bicyclic) bond motifs is 1. The van der Waals surface area contributed by atoms with Crippen molar-refractivity contribution in [3.63, 3.8) is 0 Å². The molecule has 2 aromatic carbocycles. The Bertz CT molecular complexity index is 979. The largest absolute Gasteiger partial charge is 0.488 e. The van der Waals surface area contributed by atoms with Gasteiger partial charge in [0.05, 0.1) is 17.1 Å². The second-order valence-corrected chi connectivity index (χ2v) is 6.40. The number of rotatable bonds is 4. The van der Waals surface area contributed by atoms with Gasteiger partial charge in [-0.25, -0.2) is 8.89 Å². The summed E-state index contributed by atoms with van der Waals surface area (Å²) in [6.07, 6.45) is 2.94. The quantitative estimate of drug-likeness (QED) is 0.791. The van der Waals surface area contributed by atoms with E-state index in [1.54, 1.807) is 6.20 Å². The molecule has 2 heterocycles. The molecule has 6 nitrogen and oxygen atoms in total. The van der Waals surface area contributed by atoms with Crippen LogP contribution >= 0.6 is 0 Å². The number of benzene rings is 2. The van der Waals surface area contributed by atoms with Crippen LogP contribution in [-0.2, 0) is 22.4 Å². The summed E-state index contributed by atoms with van der Waals surface area (Å²) in [5.41, 5.74) is 1.80. The summed E-state index contributed by atoms with van der Waals surface area (Å²) >= 11 is 0. The van der Waals surface area contributed by atoms with Gasteiger partial charge in [0.2, 0.25) is 0 Å². The minimum atomic E-state index is -1.59. The van der Waals surface area contributed by atoms with E-state index in [1.165, 1.54) is 10.8 Å². The number of carbonyl (C=O) groups excluding carboxylic acids is 1. The highest BCUT2D eigenvalue weighted by atomic mass is 32.2. The van der Waals surface area contributed by atoms with Crippen molar-refractivity contribution in [2.75, 3.05) is 0 Å². The molecule has 1 atom stereocenters. The van der Waals surface area contributed by atoms with Crippen LogP contribution in [0.1, 0.15) is 5.56 Å². The van der Waals surface area contributed by atoms with Crippen LogP contribution in [0.4, 0.5) is 0 Å². The molecule has 1 unspecified atom stereocenters. The fourth-order valence-corrected chi connectivity index (χ4v) is 3.40. The van der Waals surface area contributed by atoms with Gasteiger partial charge in [-0.1, -0.05) is 36.4 Å². The van der Waals surface area contributed by atoms with Crippen molar-refractivity contribution in [2.24, 2.45) is 0 Å². The highest BCUT2D eigenvalue weighted by Gasteiger charge is 2.23. The molecule has 1 N–H and O–H groups in total. The summed E-state index contributed by atoms with van der Waals surface area (Å²) in [5, 5.41) is 5.37. The summed E-state index contributed by atoms with van der Waals surface area (Å²) < 4.78 is 21.7. The second kappa shape index (κ2) is 5.93. The number of hydrogen-bond acceptors (Lipinski definition) is 4. The number of ether oxygens (including phenoxy) is 1. The Labute approximate surface area is 140 Å². The van der Waals surface area contributed by atoms with Gasteiger partial charge in [-0.3, -0.25) is 9.52 Å². The molecule has 0 aliphatic carbocycles. The molecule has 120 valence electrons. The number of amides is 1. The van der Waals surface area contributed by atoms with Gasteiger partial charge in [-0.05, 0) is 17.7 Å². The second-order valence-electron chi connectivity index (χ2n) is 5.24. The lowest BCUT2D eigenvalue weighted by Gasteiger charge is -2.08. The maximum absolute atomic E-state index is 11.9. The van der Waals surface area contributed by atoms with Gasteiger partial charge in [0.15, 0.2) is 16.0 Å². The molecular weight excluding hydrogens is 326 g/mol. The normalized spacial score (nSPS) is 16.9. The third-order valence-electron chi connectivity index (χ3n) is 3.66. The summed E-state index contributed by atoms with van der Waals surface area (Å²) in [4.78, 5) is 11.4. The van der Waals surface area contributed by atoms with Gasteiger partial charge in [0, 0.05) is 6.08 Å². The number of carbonyl (C=O) groups is 1. The molecule has 0 saturated heterocycles. The molecule has 0 fully saturated rings. The van der Waals surface area contributed by atoms with Crippen molar-refractivity contribution in [3.05, 3.63) is 66.4 Å². The first-order valence-electron chi connectivity index (χ1n) is 7.30. The predicted molar refractivity (Wildman–Crippen MR) is 91.1 cm³/mol. The van der Waals surface area contributed by atoms with E-state index in [1.807, 2.05) is 48.5 Å². The number of nitrogens with one attached hydrogen (secondary N) is 1. The van der Waals surface area contributed by atoms with E-state index in [9.17, 15) is 9.00 Å². The van der Waals surface area contributed by atoms with Crippen molar-refractivity contribution >= 4 is 32.8 Å². The molecular formula is C17H13N3O3S. The first-order chi connectivity index (χ1) is 11.7. The van der Waals surface area contributed by atoms with Crippen LogP contribution in [0.2, 0.25) is 0 Å². The molecule has 3 aromatic rings. The van der Waals surface area contributed by atoms with Gasteiger partial charge in [0.25, 0.3) is 5.91 Å². The van der Waals surface area contributed by atoms with Crippen molar-refractivity contribution in [1.29, 1.82) is 0 Å². The van der Waals surface area contributed by atoms with E-state index in [-0.39, 0.29) is 5.91 Å². The zero-order valence-corrected chi connectivity index (χ0v) is 13.3. The predicted octanol–water partition coefficient (Wildman–Crippen LogP) is 2.21. The Morgan fingerprint density at radius 2 is 1.96 bits per heavy atom. The minimum Gasteiger partial charge on any atom is -0.488 e. The number of hydrogen-bond donors (Lipinski definition) is 1. The summed E-state index contributed by atoms with van der Waals surface area (Å²) in [5.74, 6) is 0.301. The van der Waals surface area contributed by atoms with E-state index >= 15 is 0 Å².